The molecule has 1 aromatic heterocycles. The Hall–Kier alpha value is -1.83. The second-order valence-electron chi connectivity index (χ2n) is 4.33. The van der Waals surface area contributed by atoms with Crippen LogP contribution in [-0.2, 0) is 9.53 Å². The molecule has 3 amide bonds. The molecular formula is C12H15BrN2O5. The van der Waals surface area contributed by atoms with Crippen molar-refractivity contribution in [2.24, 2.45) is 5.92 Å². The van der Waals surface area contributed by atoms with E-state index in [2.05, 4.69) is 26.0 Å². The van der Waals surface area contributed by atoms with Crippen LogP contribution in [0.1, 0.15) is 24.4 Å². The van der Waals surface area contributed by atoms with Crippen LogP contribution < -0.4 is 10.6 Å². The molecule has 2 N–H and O–H groups in total. The third-order valence-corrected chi connectivity index (χ3v) is 2.46. The van der Waals surface area contributed by atoms with E-state index in [0.717, 1.165) is 0 Å². The van der Waals surface area contributed by atoms with Gasteiger partial charge in [-0.15, -0.1) is 0 Å². The summed E-state index contributed by atoms with van der Waals surface area (Å²) in [6.45, 7) is 3.72. The van der Waals surface area contributed by atoms with Gasteiger partial charge in [0.05, 0.1) is 0 Å². The molecule has 0 spiro atoms. The zero-order chi connectivity index (χ0) is 15.1. The fraction of sp³-hybridized carbons (Fsp3) is 0.417. The van der Waals surface area contributed by atoms with Gasteiger partial charge in [0.15, 0.2) is 11.3 Å². The van der Waals surface area contributed by atoms with Crippen molar-refractivity contribution in [2.75, 3.05) is 13.2 Å². The first kappa shape index (κ1) is 16.2. The average Bonchev–Trinajstić information content (AvgIpc) is 2.80. The van der Waals surface area contributed by atoms with Crippen LogP contribution in [0.5, 0.6) is 0 Å². The van der Waals surface area contributed by atoms with Gasteiger partial charge in [0, 0.05) is 6.54 Å². The van der Waals surface area contributed by atoms with E-state index in [1.54, 1.807) is 0 Å². The van der Waals surface area contributed by atoms with Crippen molar-refractivity contribution in [2.45, 2.75) is 13.8 Å². The molecule has 8 heteroatoms. The molecule has 7 nitrogen and oxygen atoms in total. The number of ether oxygens (including phenoxy) is 1. The van der Waals surface area contributed by atoms with Gasteiger partial charge in [-0.05, 0) is 34.0 Å². The quantitative estimate of drug-likeness (QED) is 0.790. The van der Waals surface area contributed by atoms with Crippen LogP contribution in [-0.4, -0.2) is 31.1 Å². The lowest BCUT2D eigenvalue weighted by Gasteiger charge is -2.08. The van der Waals surface area contributed by atoms with Gasteiger partial charge in [-0.25, -0.2) is 9.59 Å². The third kappa shape index (κ3) is 5.87. The summed E-state index contributed by atoms with van der Waals surface area (Å²) in [4.78, 5) is 34.1. The topological polar surface area (TPSA) is 97.6 Å². The van der Waals surface area contributed by atoms with Crippen LogP contribution in [0, 0.1) is 5.92 Å². The van der Waals surface area contributed by atoms with Gasteiger partial charge in [-0.1, -0.05) is 13.8 Å². The molecule has 0 atom stereocenters. The Morgan fingerprint density at radius 3 is 2.60 bits per heavy atom. The van der Waals surface area contributed by atoms with Crippen LogP contribution >= 0.6 is 15.9 Å². The lowest BCUT2D eigenvalue weighted by Crippen LogP contribution is -2.42. The van der Waals surface area contributed by atoms with Gasteiger partial charge in [0.25, 0.3) is 5.91 Å². The number of furan rings is 1. The van der Waals surface area contributed by atoms with E-state index < -0.39 is 24.5 Å². The first-order valence-electron chi connectivity index (χ1n) is 5.88. The highest BCUT2D eigenvalue weighted by atomic mass is 79.9. The maximum Gasteiger partial charge on any atom is 0.374 e. The number of amides is 3. The smallest absolute Gasteiger partial charge is 0.374 e. The molecule has 0 fully saturated rings. The molecule has 0 unspecified atom stereocenters. The summed E-state index contributed by atoms with van der Waals surface area (Å²) in [6.07, 6.45) is 0. The number of carbonyl (C=O) groups is 3. The molecule has 0 radical (unpaired) electrons. The van der Waals surface area contributed by atoms with Crippen molar-refractivity contribution >= 4 is 33.8 Å². The summed E-state index contributed by atoms with van der Waals surface area (Å²) in [6, 6.07) is 2.30. The number of halogens is 1. The van der Waals surface area contributed by atoms with Crippen molar-refractivity contribution in [1.82, 2.24) is 10.6 Å². The molecule has 0 aliphatic carbocycles. The zero-order valence-electron chi connectivity index (χ0n) is 11.1. The van der Waals surface area contributed by atoms with Crippen LogP contribution in [0.2, 0.25) is 0 Å². The number of esters is 1. The molecule has 0 bridgehead atoms. The Morgan fingerprint density at radius 1 is 1.35 bits per heavy atom. The van der Waals surface area contributed by atoms with E-state index in [0.29, 0.717) is 11.2 Å². The Morgan fingerprint density at radius 2 is 2.05 bits per heavy atom. The van der Waals surface area contributed by atoms with Crippen molar-refractivity contribution in [3.8, 4) is 0 Å². The summed E-state index contributed by atoms with van der Waals surface area (Å²) >= 11 is 3.04. The molecule has 20 heavy (non-hydrogen) atoms. The fourth-order valence-electron chi connectivity index (χ4n) is 1.13. The summed E-state index contributed by atoms with van der Waals surface area (Å²) < 4.78 is 10.0. The Bertz CT molecular complexity index is 498. The highest BCUT2D eigenvalue weighted by molar-refractivity contribution is 9.10. The summed E-state index contributed by atoms with van der Waals surface area (Å²) in [5, 5.41) is 4.54. The zero-order valence-corrected chi connectivity index (χ0v) is 12.7. The molecular weight excluding hydrogens is 332 g/mol. The molecule has 0 aromatic carbocycles. The predicted octanol–water partition coefficient (Wildman–Crippen LogP) is 1.68. The van der Waals surface area contributed by atoms with Crippen LogP contribution in [0.4, 0.5) is 4.79 Å². The summed E-state index contributed by atoms with van der Waals surface area (Å²) in [5.74, 6) is -1.27. The molecule has 0 saturated heterocycles. The largest absolute Gasteiger partial charge is 0.450 e. The lowest BCUT2D eigenvalue weighted by atomic mass is 10.2. The Kier molecular flexibility index (Phi) is 6.23. The van der Waals surface area contributed by atoms with E-state index in [9.17, 15) is 14.4 Å². The maximum atomic E-state index is 11.4. The van der Waals surface area contributed by atoms with Gasteiger partial charge in [0.1, 0.15) is 0 Å². The molecule has 0 saturated carbocycles. The molecule has 110 valence electrons. The number of hydrogen-bond donors (Lipinski definition) is 2. The predicted molar refractivity (Wildman–Crippen MR) is 73.1 cm³/mol. The summed E-state index contributed by atoms with van der Waals surface area (Å²) in [5.41, 5.74) is 0. The van der Waals surface area contributed by atoms with E-state index in [1.165, 1.54) is 12.1 Å². The minimum atomic E-state index is -0.784. The third-order valence-electron chi connectivity index (χ3n) is 2.03. The molecule has 0 aliphatic rings. The maximum absolute atomic E-state index is 11.4. The lowest BCUT2D eigenvalue weighted by molar-refractivity contribution is -0.123. The standard InChI is InChI=1S/C12H15BrN2O5/c1-7(2)5-14-12(18)15-10(16)6-19-11(17)8-3-4-9(13)20-8/h3-4,7H,5-6H2,1-2H3,(H2,14,15,16,18). The Balaban J connectivity index is 2.29. The number of rotatable bonds is 5. The molecule has 0 aliphatic heterocycles. The number of hydrogen-bond acceptors (Lipinski definition) is 5. The molecule has 1 aromatic rings. The van der Waals surface area contributed by atoms with Gasteiger partial charge < -0.3 is 14.5 Å². The van der Waals surface area contributed by atoms with E-state index in [-0.39, 0.29) is 11.7 Å². The SMILES string of the molecule is CC(C)CNC(=O)NC(=O)COC(=O)c1ccc(Br)o1. The first-order valence-corrected chi connectivity index (χ1v) is 6.68. The fourth-order valence-corrected chi connectivity index (χ4v) is 1.44. The number of carbonyl (C=O) groups excluding carboxylic acids is 3. The monoisotopic (exact) mass is 346 g/mol. The minimum Gasteiger partial charge on any atom is -0.450 e. The molecule has 1 rings (SSSR count). The van der Waals surface area contributed by atoms with Crippen molar-refractivity contribution < 1.29 is 23.5 Å². The van der Waals surface area contributed by atoms with E-state index in [4.69, 9.17) is 4.42 Å². The van der Waals surface area contributed by atoms with Crippen molar-refractivity contribution in [1.29, 1.82) is 0 Å². The van der Waals surface area contributed by atoms with Crippen molar-refractivity contribution in [3.63, 3.8) is 0 Å². The highest BCUT2D eigenvalue weighted by Crippen LogP contribution is 2.14. The number of urea groups is 1. The van der Waals surface area contributed by atoms with E-state index in [1.807, 2.05) is 19.2 Å². The van der Waals surface area contributed by atoms with Crippen LogP contribution in [0.25, 0.3) is 0 Å². The normalized spacial score (nSPS) is 10.2. The second kappa shape index (κ2) is 7.68. The van der Waals surface area contributed by atoms with Crippen LogP contribution in [0.15, 0.2) is 21.2 Å². The van der Waals surface area contributed by atoms with Crippen LogP contribution in [0.3, 0.4) is 0 Å². The van der Waals surface area contributed by atoms with Crippen molar-refractivity contribution in [3.05, 3.63) is 22.6 Å². The van der Waals surface area contributed by atoms with E-state index >= 15 is 0 Å². The second-order valence-corrected chi connectivity index (χ2v) is 5.11. The first-order chi connectivity index (χ1) is 9.38. The Labute approximate surface area is 124 Å². The molecule has 1 heterocycles. The van der Waals surface area contributed by atoms with Gasteiger partial charge in [-0.3, -0.25) is 10.1 Å². The van der Waals surface area contributed by atoms with Gasteiger partial charge in [0.2, 0.25) is 5.76 Å². The summed E-state index contributed by atoms with van der Waals surface area (Å²) in [7, 11) is 0. The number of imide groups is 1. The minimum absolute atomic E-state index is 0.0334. The van der Waals surface area contributed by atoms with Gasteiger partial charge in [-0.2, -0.15) is 0 Å². The highest BCUT2D eigenvalue weighted by Gasteiger charge is 2.15. The van der Waals surface area contributed by atoms with Gasteiger partial charge >= 0.3 is 12.0 Å². The average molecular weight is 347 g/mol. The number of nitrogens with one attached hydrogen (secondary N) is 2.